The largest absolute Gasteiger partial charge is 0.370 e. The minimum Gasteiger partial charge on any atom is -0.370 e. The summed E-state index contributed by atoms with van der Waals surface area (Å²) in [6, 6.07) is 2.95. The van der Waals surface area contributed by atoms with E-state index in [-0.39, 0.29) is 0 Å². The average Bonchev–Trinajstić information content (AvgIpc) is 2.83. The summed E-state index contributed by atoms with van der Waals surface area (Å²) in [7, 11) is 0. The molecule has 1 aliphatic heterocycles. The van der Waals surface area contributed by atoms with Crippen LogP contribution in [0.15, 0.2) is 12.3 Å². The molecule has 2 atom stereocenters. The van der Waals surface area contributed by atoms with Crippen molar-refractivity contribution in [2.45, 2.75) is 31.3 Å². The minimum absolute atomic E-state index is 0.379. The SMILES string of the molecule is N[C@H]1CCC[C@H]1CNc1ccnn1C1CNC1. The van der Waals surface area contributed by atoms with Crippen LogP contribution in [0.1, 0.15) is 25.3 Å². The summed E-state index contributed by atoms with van der Waals surface area (Å²) >= 11 is 0. The summed E-state index contributed by atoms with van der Waals surface area (Å²) in [5.74, 6) is 1.76. The summed E-state index contributed by atoms with van der Waals surface area (Å²) in [5, 5.41) is 11.2. The van der Waals surface area contributed by atoms with Crippen molar-refractivity contribution in [3.05, 3.63) is 12.3 Å². The Balaban J connectivity index is 1.59. The Morgan fingerprint density at radius 2 is 2.35 bits per heavy atom. The van der Waals surface area contributed by atoms with E-state index in [1.165, 1.54) is 19.3 Å². The molecule has 1 aliphatic carbocycles. The second-order valence-corrected chi connectivity index (χ2v) is 5.21. The molecule has 1 aromatic heterocycles. The summed E-state index contributed by atoms with van der Waals surface area (Å²) in [5.41, 5.74) is 6.08. The van der Waals surface area contributed by atoms with Gasteiger partial charge in [0.2, 0.25) is 0 Å². The van der Waals surface area contributed by atoms with E-state index < -0.39 is 0 Å². The first-order valence-corrected chi connectivity index (χ1v) is 6.58. The van der Waals surface area contributed by atoms with E-state index in [9.17, 15) is 0 Å². The van der Waals surface area contributed by atoms with E-state index in [1.807, 2.05) is 6.20 Å². The highest BCUT2D eigenvalue weighted by Gasteiger charge is 2.25. The predicted octanol–water partition coefficient (Wildman–Crippen LogP) is 0.567. The maximum Gasteiger partial charge on any atom is 0.124 e. The molecule has 3 rings (SSSR count). The molecule has 0 spiro atoms. The molecule has 2 aliphatic rings. The van der Waals surface area contributed by atoms with E-state index in [1.54, 1.807) is 0 Å². The molecule has 0 unspecified atom stereocenters. The zero-order valence-corrected chi connectivity index (χ0v) is 10.1. The van der Waals surface area contributed by atoms with Crippen LogP contribution in [0.25, 0.3) is 0 Å². The summed E-state index contributed by atoms with van der Waals surface area (Å²) in [6.07, 6.45) is 5.58. The maximum atomic E-state index is 6.08. The van der Waals surface area contributed by atoms with E-state index in [4.69, 9.17) is 5.73 Å². The Labute approximate surface area is 102 Å². The van der Waals surface area contributed by atoms with Crippen molar-refractivity contribution < 1.29 is 0 Å². The fraction of sp³-hybridized carbons (Fsp3) is 0.750. The van der Waals surface area contributed by atoms with Gasteiger partial charge in [-0.1, -0.05) is 6.42 Å². The smallest absolute Gasteiger partial charge is 0.124 e. The van der Waals surface area contributed by atoms with Crippen LogP contribution >= 0.6 is 0 Å². The lowest BCUT2D eigenvalue weighted by Gasteiger charge is -2.29. The lowest BCUT2D eigenvalue weighted by molar-refractivity contribution is 0.321. The molecule has 17 heavy (non-hydrogen) atoms. The van der Waals surface area contributed by atoms with Crippen LogP contribution in [0, 0.1) is 5.92 Å². The molecule has 1 saturated carbocycles. The van der Waals surface area contributed by atoms with Crippen LogP contribution in [0.4, 0.5) is 5.82 Å². The molecule has 0 aromatic carbocycles. The van der Waals surface area contributed by atoms with Crippen molar-refractivity contribution in [1.29, 1.82) is 0 Å². The fourth-order valence-corrected chi connectivity index (χ4v) is 2.75. The third-order valence-corrected chi connectivity index (χ3v) is 4.04. The van der Waals surface area contributed by atoms with Crippen LogP contribution in [0.3, 0.4) is 0 Å². The molecule has 1 saturated heterocycles. The molecule has 0 radical (unpaired) electrons. The van der Waals surface area contributed by atoms with Crippen molar-refractivity contribution in [3.63, 3.8) is 0 Å². The van der Waals surface area contributed by atoms with Gasteiger partial charge in [0, 0.05) is 31.7 Å². The number of aromatic nitrogens is 2. The van der Waals surface area contributed by atoms with Crippen LogP contribution in [0.5, 0.6) is 0 Å². The summed E-state index contributed by atoms with van der Waals surface area (Å²) < 4.78 is 2.09. The van der Waals surface area contributed by atoms with Gasteiger partial charge >= 0.3 is 0 Å². The Hall–Kier alpha value is -1.07. The van der Waals surface area contributed by atoms with Crippen molar-refractivity contribution in [2.24, 2.45) is 11.7 Å². The number of nitrogens with one attached hydrogen (secondary N) is 2. The number of nitrogens with two attached hydrogens (primary N) is 1. The monoisotopic (exact) mass is 235 g/mol. The highest BCUT2D eigenvalue weighted by molar-refractivity contribution is 5.35. The van der Waals surface area contributed by atoms with Gasteiger partial charge in [0.25, 0.3) is 0 Å². The standard InChI is InChI=1S/C12H21N5/c13-11-3-1-2-9(11)6-15-12-4-5-16-17(12)10-7-14-8-10/h4-5,9-11,14-15H,1-3,6-8,13H2/t9-,11-/m0/s1. The van der Waals surface area contributed by atoms with E-state index in [2.05, 4.69) is 26.5 Å². The third-order valence-electron chi connectivity index (χ3n) is 4.04. The molecule has 2 heterocycles. The normalized spacial score (nSPS) is 29.2. The Morgan fingerprint density at radius 1 is 1.47 bits per heavy atom. The van der Waals surface area contributed by atoms with Gasteiger partial charge in [0.15, 0.2) is 0 Å². The van der Waals surface area contributed by atoms with Crippen molar-refractivity contribution in [3.8, 4) is 0 Å². The Morgan fingerprint density at radius 3 is 3.00 bits per heavy atom. The van der Waals surface area contributed by atoms with Gasteiger partial charge in [0.1, 0.15) is 5.82 Å². The highest BCUT2D eigenvalue weighted by atomic mass is 15.4. The number of anilines is 1. The molecule has 4 N–H and O–H groups in total. The van der Waals surface area contributed by atoms with E-state index in [0.29, 0.717) is 18.0 Å². The number of nitrogens with zero attached hydrogens (tertiary/aromatic N) is 2. The third kappa shape index (κ3) is 2.17. The zero-order chi connectivity index (χ0) is 11.7. The van der Waals surface area contributed by atoms with Crippen molar-refractivity contribution in [2.75, 3.05) is 25.0 Å². The lowest BCUT2D eigenvalue weighted by Crippen LogP contribution is -2.44. The molecular formula is C12H21N5. The quantitative estimate of drug-likeness (QED) is 0.713. The summed E-state index contributed by atoms with van der Waals surface area (Å²) in [4.78, 5) is 0. The molecule has 5 heteroatoms. The molecule has 94 valence electrons. The van der Waals surface area contributed by atoms with Gasteiger partial charge in [-0.05, 0) is 18.8 Å². The number of hydrogen-bond donors (Lipinski definition) is 3. The first kappa shape index (κ1) is 11.0. The van der Waals surface area contributed by atoms with Gasteiger partial charge < -0.3 is 16.4 Å². The van der Waals surface area contributed by atoms with Gasteiger partial charge in [-0.15, -0.1) is 0 Å². The van der Waals surface area contributed by atoms with Crippen molar-refractivity contribution in [1.82, 2.24) is 15.1 Å². The highest BCUT2D eigenvalue weighted by Crippen LogP contribution is 2.25. The van der Waals surface area contributed by atoms with Crippen LogP contribution in [-0.2, 0) is 0 Å². The zero-order valence-electron chi connectivity index (χ0n) is 10.1. The Bertz CT molecular complexity index is 371. The lowest BCUT2D eigenvalue weighted by atomic mass is 10.1. The topological polar surface area (TPSA) is 67.9 Å². The molecule has 0 amide bonds. The molecular weight excluding hydrogens is 214 g/mol. The first-order chi connectivity index (χ1) is 8.34. The van der Waals surface area contributed by atoms with Crippen LogP contribution < -0.4 is 16.4 Å². The predicted molar refractivity (Wildman–Crippen MR) is 67.9 cm³/mol. The van der Waals surface area contributed by atoms with Crippen LogP contribution in [0.2, 0.25) is 0 Å². The maximum absolute atomic E-state index is 6.08. The number of hydrogen-bond acceptors (Lipinski definition) is 4. The molecule has 1 aromatic rings. The van der Waals surface area contributed by atoms with Gasteiger partial charge in [0.05, 0.1) is 12.2 Å². The second kappa shape index (κ2) is 4.66. The van der Waals surface area contributed by atoms with Gasteiger partial charge in [-0.25, -0.2) is 4.68 Å². The number of rotatable bonds is 4. The van der Waals surface area contributed by atoms with Crippen molar-refractivity contribution >= 4 is 5.82 Å². The van der Waals surface area contributed by atoms with Gasteiger partial charge in [-0.3, -0.25) is 0 Å². The first-order valence-electron chi connectivity index (χ1n) is 6.58. The van der Waals surface area contributed by atoms with Gasteiger partial charge in [-0.2, -0.15) is 5.10 Å². The molecule has 5 nitrogen and oxygen atoms in total. The van der Waals surface area contributed by atoms with E-state index in [0.717, 1.165) is 25.5 Å². The molecule has 2 fully saturated rings. The summed E-state index contributed by atoms with van der Waals surface area (Å²) in [6.45, 7) is 3.03. The Kier molecular flexibility index (Phi) is 3.03. The molecule has 0 bridgehead atoms. The fourth-order valence-electron chi connectivity index (χ4n) is 2.75. The van der Waals surface area contributed by atoms with Crippen LogP contribution in [-0.4, -0.2) is 35.5 Å². The van der Waals surface area contributed by atoms with E-state index >= 15 is 0 Å². The average molecular weight is 235 g/mol. The minimum atomic E-state index is 0.379. The second-order valence-electron chi connectivity index (χ2n) is 5.21.